The Morgan fingerprint density at radius 3 is 2.59 bits per heavy atom. The van der Waals surface area contributed by atoms with Gasteiger partial charge in [-0.3, -0.25) is 0 Å². The maximum atomic E-state index is 14.5. The first kappa shape index (κ1) is 29.6. The van der Waals surface area contributed by atoms with Crippen LogP contribution < -0.4 is 15.4 Å². The summed E-state index contributed by atoms with van der Waals surface area (Å²) in [5.41, 5.74) is 2.86. The summed E-state index contributed by atoms with van der Waals surface area (Å²) in [6.07, 6.45) is 6.74. The van der Waals surface area contributed by atoms with Gasteiger partial charge < -0.3 is 25.0 Å². The maximum Gasteiger partial charge on any atom is 0.178 e. The van der Waals surface area contributed by atoms with Crippen molar-refractivity contribution in [1.82, 2.24) is 4.90 Å². The van der Waals surface area contributed by atoms with E-state index >= 15 is 0 Å². The van der Waals surface area contributed by atoms with E-state index in [2.05, 4.69) is 45.6 Å². The Bertz CT molecular complexity index is 1550. The van der Waals surface area contributed by atoms with E-state index in [4.69, 9.17) is 9.47 Å². The van der Waals surface area contributed by atoms with E-state index in [0.29, 0.717) is 11.7 Å². The molecule has 41 heavy (non-hydrogen) atoms. The van der Waals surface area contributed by atoms with E-state index in [1.54, 1.807) is 18.4 Å². The second-order valence-corrected chi connectivity index (χ2v) is 13.9. The van der Waals surface area contributed by atoms with Gasteiger partial charge in [0.25, 0.3) is 0 Å². The number of rotatable bonds is 11. The summed E-state index contributed by atoms with van der Waals surface area (Å²) in [6.45, 7) is 4.17. The van der Waals surface area contributed by atoms with Crippen LogP contribution in [0.1, 0.15) is 36.1 Å². The molecule has 1 aromatic heterocycles. The Labute approximate surface area is 246 Å². The number of thiophene rings is 1. The molecular weight excluding hydrogens is 561 g/mol. The van der Waals surface area contributed by atoms with Gasteiger partial charge in [-0.25, -0.2) is 12.8 Å². The predicted octanol–water partition coefficient (Wildman–Crippen LogP) is 5.39. The van der Waals surface area contributed by atoms with Crippen molar-refractivity contribution < 1.29 is 22.3 Å². The molecule has 5 rings (SSSR count). The average Bonchev–Trinajstić information content (AvgIpc) is 3.70. The number of benzene rings is 2. The maximum absolute atomic E-state index is 14.5. The van der Waals surface area contributed by atoms with Crippen LogP contribution in [0.4, 0.5) is 15.8 Å². The van der Waals surface area contributed by atoms with Crippen molar-refractivity contribution in [2.75, 3.05) is 63.9 Å². The van der Waals surface area contributed by atoms with Crippen LogP contribution in [0.15, 0.2) is 35.2 Å². The third-order valence-corrected chi connectivity index (χ3v) is 10.1. The van der Waals surface area contributed by atoms with Crippen LogP contribution in [0.3, 0.4) is 0 Å². The lowest BCUT2D eigenvalue weighted by Gasteiger charge is -2.32. The van der Waals surface area contributed by atoms with Gasteiger partial charge in [0.15, 0.2) is 9.84 Å². The molecule has 1 aliphatic heterocycles. The van der Waals surface area contributed by atoms with Crippen LogP contribution in [-0.4, -0.2) is 72.6 Å². The molecule has 0 bridgehead atoms. The summed E-state index contributed by atoms with van der Waals surface area (Å²) in [5.74, 6) is 6.74. The molecular formula is C31H38FN3O4S2. The highest BCUT2D eigenvalue weighted by Crippen LogP contribution is 2.42. The summed E-state index contributed by atoms with van der Waals surface area (Å²) in [7, 11) is -0.530. The van der Waals surface area contributed by atoms with Gasteiger partial charge in [-0.1, -0.05) is 24.0 Å². The molecule has 2 aromatic carbocycles. The first-order valence-electron chi connectivity index (χ1n) is 14.1. The van der Waals surface area contributed by atoms with Crippen molar-refractivity contribution in [3.05, 3.63) is 46.6 Å². The SMILES string of the molecule is COCCN1CCC(Nc2cccc3c(CC4CC4)c(C#CCNc4cc(F)c(S(C)(=O)=O)cc4OC)sc23)CC1. The minimum Gasteiger partial charge on any atom is -0.495 e. The van der Waals surface area contributed by atoms with Crippen molar-refractivity contribution in [3.8, 4) is 17.6 Å². The number of nitrogens with zero attached hydrogens (tertiary/aromatic N) is 1. The number of fused-ring (bicyclic) bond motifs is 1. The van der Waals surface area contributed by atoms with E-state index in [9.17, 15) is 12.8 Å². The van der Waals surface area contributed by atoms with Gasteiger partial charge in [-0.2, -0.15) is 0 Å². The molecule has 0 spiro atoms. The van der Waals surface area contributed by atoms with E-state index in [1.807, 2.05) is 0 Å². The Hall–Kier alpha value is -2.84. The van der Waals surface area contributed by atoms with E-state index in [0.717, 1.165) is 68.6 Å². The van der Waals surface area contributed by atoms with Gasteiger partial charge in [-0.05, 0) is 55.0 Å². The Balaban J connectivity index is 1.33. The predicted molar refractivity (Wildman–Crippen MR) is 165 cm³/mol. The van der Waals surface area contributed by atoms with Gasteiger partial charge in [0, 0.05) is 51.2 Å². The molecule has 2 fully saturated rings. The van der Waals surface area contributed by atoms with Gasteiger partial charge in [-0.15, -0.1) is 11.3 Å². The minimum absolute atomic E-state index is 0.255. The first-order valence-corrected chi connectivity index (χ1v) is 16.8. The number of sulfone groups is 1. The van der Waals surface area contributed by atoms with Gasteiger partial charge in [0.2, 0.25) is 0 Å². The van der Waals surface area contributed by atoms with Crippen LogP contribution in [0.5, 0.6) is 5.75 Å². The number of hydrogen-bond donors (Lipinski definition) is 2. The standard InChI is InChI=1S/C31H38FN3O4S2/c1-38-17-16-35-14-11-22(12-15-35)34-26-7-4-6-23-24(18-21-9-10-21)29(40-31(23)26)8-5-13-33-27-19-25(32)30(41(3,36)37)20-28(27)39-2/h4,6-7,19-22,33-34H,9-18H2,1-3H3. The molecule has 0 radical (unpaired) electrons. The Morgan fingerprint density at radius 1 is 1.12 bits per heavy atom. The number of piperidine rings is 1. The zero-order valence-corrected chi connectivity index (χ0v) is 25.5. The highest BCUT2D eigenvalue weighted by molar-refractivity contribution is 7.90. The number of likely N-dealkylation sites (tertiary alicyclic amines) is 1. The molecule has 1 saturated heterocycles. The van der Waals surface area contributed by atoms with Crippen LogP contribution in [0.25, 0.3) is 10.1 Å². The number of hydrogen-bond acceptors (Lipinski definition) is 8. The third kappa shape index (κ3) is 7.33. The summed E-state index contributed by atoms with van der Waals surface area (Å²) in [6, 6.07) is 9.32. The van der Waals surface area contributed by atoms with Gasteiger partial charge in [0.05, 0.1) is 41.2 Å². The van der Waals surface area contributed by atoms with Gasteiger partial charge in [0.1, 0.15) is 16.5 Å². The fraction of sp³-hybridized carbons (Fsp3) is 0.484. The van der Waals surface area contributed by atoms with Crippen LogP contribution in [-0.2, 0) is 21.0 Å². The van der Waals surface area contributed by atoms with Crippen molar-refractivity contribution in [2.45, 2.75) is 43.0 Å². The van der Waals surface area contributed by atoms with E-state index in [1.165, 1.54) is 47.4 Å². The quantitative estimate of drug-likeness (QED) is 0.286. The lowest BCUT2D eigenvalue weighted by Crippen LogP contribution is -2.40. The summed E-state index contributed by atoms with van der Waals surface area (Å²) < 4.78 is 50.0. The molecule has 10 heteroatoms. The monoisotopic (exact) mass is 599 g/mol. The molecule has 1 aliphatic carbocycles. The normalized spacial score (nSPS) is 16.4. The molecule has 2 aliphatic rings. The fourth-order valence-electron chi connectivity index (χ4n) is 5.33. The smallest absolute Gasteiger partial charge is 0.178 e. The van der Waals surface area contributed by atoms with Crippen molar-refractivity contribution >= 4 is 42.6 Å². The summed E-state index contributed by atoms with van der Waals surface area (Å²) in [4.78, 5) is 3.15. The molecule has 0 atom stereocenters. The molecule has 2 N–H and O–H groups in total. The molecule has 2 heterocycles. The number of anilines is 2. The van der Waals surface area contributed by atoms with Crippen LogP contribution in [0.2, 0.25) is 0 Å². The zero-order chi connectivity index (χ0) is 29.0. The molecule has 0 amide bonds. The van der Waals surface area contributed by atoms with E-state index in [-0.39, 0.29) is 17.2 Å². The number of halogens is 1. The third-order valence-electron chi connectivity index (χ3n) is 7.79. The van der Waals surface area contributed by atoms with E-state index < -0.39 is 15.7 Å². The highest BCUT2D eigenvalue weighted by Gasteiger charge is 2.26. The minimum atomic E-state index is -3.71. The van der Waals surface area contributed by atoms with Gasteiger partial charge >= 0.3 is 0 Å². The fourth-order valence-corrected chi connectivity index (χ4v) is 7.25. The number of methoxy groups -OCH3 is 2. The topological polar surface area (TPSA) is 79.9 Å². The lowest BCUT2D eigenvalue weighted by atomic mass is 10.0. The molecule has 1 saturated carbocycles. The molecule has 7 nitrogen and oxygen atoms in total. The van der Waals surface area contributed by atoms with Crippen LogP contribution >= 0.6 is 11.3 Å². The first-order chi connectivity index (χ1) is 19.8. The van der Waals surface area contributed by atoms with Crippen molar-refractivity contribution in [3.63, 3.8) is 0 Å². The molecule has 220 valence electrons. The van der Waals surface area contributed by atoms with Crippen molar-refractivity contribution in [2.24, 2.45) is 5.92 Å². The molecule has 3 aromatic rings. The zero-order valence-electron chi connectivity index (χ0n) is 23.9. The average molecular weight is 600 g/mol. The largest absolute Gasteiger partial charge is 0.495 e. The Kier molecular flexibility index (Phi) is 9.39. The number of ether oxygens (including phenoxy) is 2. The molecule has 0 unspecified atom stereocenters. The summed E-state index contributed by atoms with van der Waals surface area (Å²) >= 11 is 1.74. The lowest BCUT2D eigenvalue weighted by molar-refractivity contribution is 0.132. The number of nitrogens with one attached hydrogen (secondary N) is 2. The van der Waals surface area contributed by atoms with Crippen molar-refractivity contribution in [1.29, 1.82) is 0 Å². The second-order valence-electron chi connectivity index (χ2n) is 10.9. The van der Waals surface area contributed by atoms with Crippen LogP contribution in [0, 0.1) is 23.6 Å². The highest BCUT2D eigenvalue weighted by atomic mass is 32.2. The second kappa shape index (κ2) is 13.0. The Morgan fingerprint density at radius 2 is 1.90 bits per heavy atom. The summed E-state index contributed by atoms with van der Waals surface area (Å²) in [5, 5.41) is 8.20.